The smallest absolute Gasteiger partial charge is 0.429 e. The molecule has 0 aliphatic rings. The Morgan fingerprint density at radius 2 is 1.06 bits per heavy atom. The van der Waals surface area contributed by atoms with Gasteiger partial charge in [0.25, 0.3) is 0 Å². The van der Waals surface area contributed by atoms with Crippen LogP contribution in [0.15, 0.2) is 48.5 Å². The maximum absolute atomic E-state index is 14.4. The minimum absolute atomic E-state index is 0.0356. The predicted molar refractivity (Wildman–Crippen MR) is 89.3 cm³/mol. The van der Waals surface area contributed by atoms with Crippen molar-refractivity contribution in [2.24, 2.45) is 0 Å². The molecule has 0 N–H and O–H groups in total. The molecule has 0 atom stereocenters. The van der Waals surface area contributed by atoms with E-state index < -0.39 is 64.2 Å². The molecular weight excluding hydrogens is 462 g/mol. The first-order valence-electron chi connectivity index (χ1n) is 8.34. The van der Waals surface area contributed by atoms with Gasteiger partial charge >= 0.3 is 12.5 Å². The van der Waals surface area contributed by atoms with Crippen molar-refractivity contribution in [3.05, 3.63) is 83.2 Å². The highest BCUT2D eigenvalue weighted by molar-refractivity contribution is 5.66. The van der Waals surface area contributed by atoms with E-state index in [1.807, 2.05) is 0 Å². The van der Waals surface area contributed by atoms with Gasteiger partial charge in [-0.3, -0.25) is 0 Å². The summed E-state index contributed by atoms with van der Waals surface area (Å²) >= 11 is 0. The summed E-state index contributed by atoms with van der Waals surface area (Å²) in [6.45, 7) is 0. The first kappa shape index (κ1) is 23.2. The van der Waals surface area contributed by atoms with E-state index in [9.17, 15) is 43.9 Å². The third-order valence-electron chi connectivity index (χ3n) is 3.94. The Morgan fingerprint density at radius 3 is 1.53 bits per heavy atom. The van der Waals surface area contributed by atoms with Crippen LogP contribution in [0.25, 0.3) is 11.1 Å². The lowest BCUT2D eigenvalue weighted by Crippen LogP contribution is -2.25. The second-order valence-electron chi connectivity index (χ2n) is 6.20. The van der Waals surface area contributed by atoms with Gasteiger partial charge < -0.3 is 9.47 Å². The van der Waals surface area contributed by atoms with Crippen molar-refractivity contribution < 1.29 is 53.4 Å². The summed E-state index contributed by atoms with van der Waals surface area (Å²) in [4.78, 5) is 0. The number of halogens is 10. The zero-order valence-corrected chi connectivity index (χ0v) is 15.2. The Balaban J connectivity index is 1.91. The van der Waals surface area contributed by atoms with Gasteiger partial charge in [0.15, 0.2) is 0 Å². The average Bonchev–Trinajstić information content (AvgIpc) is 2.59. The summed E-state index contributed by atoms with van der Waals surface area (Å²) in [7, 11) is 0. The number of alkyl halides is 5. The molecule has 0 saturated carbocycles. The lowest BCUT2D eigenvalue weighted by atomic mass is 10.0. The fraction of sp³-hybridized carbons (Fsp3) is 0.100. The van der Waals surface area contributed by atoms with Crippen molar-refractivity contribution in [1.29, 1.82) is 0 Å². The van der Waals surface area contributed by atoms with E-state index in [-0.39, 0.29) is 29.8 Å². The number of hydrogen-bond donors (Lipinski definition) is 0. The van der Waals surface area contributed by atoms with E-state index in [1.54, 1.807) is 0 Å². The second kappa shape index (κ2) is 8.24. The zero-order valence-electron chi connectivity index (χ0n) is 15.2. The van der Waals surface area contributed by atoms with E-state index in [0.717, 1.165) is 24.3 Å². The molecule has 0 amide bonds. The molecule has 12 heteroatoms. The Bertz CT molecular complexity index is 1090. The molecule has 32 heavy (non-hydrogen) atoms. The number of hydrogen-bond acceptors (Lipinski definition) is 2. The fourth-order valence-corrected chi connectivity index (χ4v) is 2.73. The van der Waals surface area contributed by atoms with Crippen LogP contribution in [0.2, 0.25) is 0 Å². The molecule has 0 aliphatic carbocycles. The topological polar surface area (TPSA) is 18.5 Å². The standard InChI is InChI=1S/C20H8F10O2/c21-10-5-15(24)18(16(25)6-10)19(26,27)31-12-7-13(22)17(14(23)8-12)9-1-3-11(4-2-9)32-20(28,29)30/h1-8H. The van der Waals surface area contributed by atoms with Gasteiger partial charge in [-0.15, -0.1) is 13.2 Å². The summed E-state index contributed by atoms with van der Waals surface area (Å²) in [5, 5.41) is 0. The van der Waals surface area contributed by atoms with Crippen LogP contribution in [0.1, 0.15) is 5.56 Å². The van der Waals surface area contributed by atoms with Crippen LogP contribution in [-0.2, 0) is 6.11 Å². The van der Waals surface area contributed by atoms with E-state index in [4.69, 9.17) is 0 Å². The predicted octanol–water partition coefficient (Wildman–Crippen LogP) is 7.08. The minimum atomic E-state index is -4.99. The molecule has 0 bridgehead atoms. The van der Waals surface area contributed by atoms with Crippen LogP contribution >= 0.6 is 0 Å². The maximum atomic E-state index is 14.4. The largest absolute Gasteiger partial charge is 0.573 e. The molecule has 0 radical (unpaired) electrons. The summed E-state index contributed by atoms with van der Waals surface area (Å²) in [5.41, 5.74) is -3.06. The van der Waals surface area contributed by atoms with Crippen LogP contribution in [0.3, 0.4) is 0 Å². The Kier molecular flexibility index (Phi) is 5.98. The zero-order chi connectivity index (χ0) is 23.8. The molecule has 0 fully saturated rings. The van der Waals surface area contributed by atoms with Crippen molar-refractivity contribution in [3.8, 4) is 22.6 Å². The monoisotopic (exact) mass is 470 g/mol. The van der Waals surface area contributed by atoms with Gasteiger partial charge in [0.05, 0.1) is 5.56 Å². The van der Waals surface area contributed by atoms with Crippen LogP contribution in [0.5, 0.6) is 11.5 Å². The average molecular weight is 470 g/mol. The van der Waals surface area contributed by atoms with Crippen LogP contribution < -0.4 is 9.47 Å². The number of benzene rings is 3. The summed E-state index contributed by atoms with van der Waals surface area (Å²) < 4.78 is 142. The van der Waals surface area contributed by atoms with Crippen molar-refractivity contribution in [3.63, 3.8) is 0 Å². The molecule has 3 aromatic carbocycles. The van der Waals surface area contributed by atoms with E-state index in [0.29, 0.717) is 0 Å². The molecule has 170 valence electrons. The van der Waals surface area contributed by atoms with E-state index in [1.165, 1.54) is 0 Å². The first-order chi connectivity index (χ1) is 14.8. The van der Waals surface area contributed by atoms with E-state index in [2.05, 4.69) is 9.47 Å². The van der Waals surface area contributed by atoms with Gasteiger partial charge in [0.2, 0.25) is 0 Å². The normalized spacial score (nSPS) is 12.1. The summed E-state index contributed by atoms with van der Waals surface area (Å²) in [5.74, 6) is -10.3. The lowest BCUT2D eigenvalue weighted by molar-refractivity contribution is -0.274. The molecule has 0 heterocycles. The minimum Gasteiger partial charge on any atom is -0.429 e. The van der Waals surface area contributed by atoms with Crippen molar-refractivity contribution >= 4 is 0 Å². The molecular formula is C20H8F10O2. The highest BCUT2D eigenvalue weighted by Crippen LogP contribution is 2.38. The highest BCUT2D eigenvalue weighted by atomic mass is 19.4. The Labute approximate surface area is 172 Å². The quantitative estimate of drug-likeness (QED) is 0.371. The Hall–Kier alpha value is -3.44. The lowest BCUT2D eigenvalue weighted by Gasteiger charge is -2.20. The van der Waals surface area contributed by atoms with Gasteiger partial charge in [-0.25, -0.2) is 22.0 Å². The SMILES string of the molecule is Fc1cc(F)c(C(F)(F)Oc2cc(F)c(-c3ccc(OC(F)(F)F)cc3)c(F)c2)c(F)c1. The van der Waals surface area contributed by atoms with Crippen LogP contribution in [0.4, 0.5) is 43.9 Å². The van der Waals surface area contributed by atoms with Crippen molar-refractivity contribution in [2.45, 2.75) is 12.5 Å². The molecule has 2 nitrogen and oxygen atoms in total. The van der Waals surface area contributed by atoms with Gasteiger partial charge in [0.1, 0.15) is 46.1 Å². The summed E-state index contributed by atoms with van der Waals surface area (Å²) in [6.07, 6.45) is -9.77. The van der Waals surface area contributed by atoms with E-state index >= 15 is 0 Å². The molecule has 0 spiro atoms. The van der Waals surface area contributed by atoms with Gasteiger partial charge in [-0.05, 0) is 17.7 Å². The third-order valence-corrected chi connectivity index (χ3v) is 3.94. The van der Waals surface area contributed by atoms with Crippen LogP contribution in [0, 0.1) is 29.1 Å². The molecule has 0 aromatic heterocycles. The second-order valence-corrected chi connectivity index (χ2v) is 6.20. The third kappa shape index (κ3) is 5.06. The maximum Gasteiger partial charge on any atom is 0.573 e. The number of rotatable bonds is 5. The van der Waals surface area contributed by atoms with Gasteiger partial charge in [-0.1, -0.05) is 12.1 Å². The van der Waals surface area contributed by atoms with Gasteiger partial charge in [-0.2, -0.15) is 8.78 Å². The van der Waals surface area contributed by atoms with Gasteiger partial charge in [0, 0.05) is 24.3 Å². The Morgan fingerprint density at radius 1 is 0.562 bits per heavy atom. The number of ether oxygens (including phenoxy) is 2. The first-order valence-corrected chi connectivity index (χ1v) is 8.34. The van der Waals surface area contributed by atoms with Crippen molar-refractivity contribution in [1.82, 2.24) is 0 Å². The molecule has 0 saturated heterocycles. The molecule has 0 unspecified atom stereocenters. The molecule has 3 aromatic rings. The van der Waals surface area contributed by atoms with Crippen LogP contribution in [-0.4, -0.2) is 6.36 Å². The molecule has 0 aliphatic heterocycles. The molecule has 3 rings (SSSR count). The van der Waals surface area contributed by atoms with Crippen molar-refractivity contribution in [2.75, 3.05) is 0 Å². The highest BCUT2D eigenvalue weighted by Gasteiger charge is 2.41. The fourth-order valence-electron chi connectivity index (χ4n) is 2.73. The summed E-state index contributed by atoms with van der Waals surface area (Å²) in [6, 6.07) is 3.75.